The second kappa shape index (κ2) is 6.03. The highest BCUT2D eigenvalue weighted by molar-refractivity contribution is 7.80. The van der Waals surface area contributed by atoms with Crippen molar-refractivity contribution in [2.24, 2.45) is 5.92 Å². The van der Waals surface area contributed by atoms with Crippen molar-refractivity contribution in [1.82, 2.24) is 10.2 Å². The van der Waals surface area contributed by atoms with E-state index >= 15 is 0 Å². The fourth-order valence-corrected chi connectivity index (χ4v) is 3.64. The fraction of sp³-hybridized carbons (Fsp3) is 0.929. The second-order valence-electron chi connectivity index (χ2n) is 5.93. The molecule has 1 N–H and O–H groups in total. The summed E-state index contributed by atoms with van der Waals surface area (Å²) in [5, 5.41) is 4.62. The summed E-state index contributed by atoms with van der Waals surface area (Å²) in [7, 11) is 0. The molecule has 17 heavy (non-hydrogen) atoms. The van der Waals surface area contributed by atoms with Crippen LogP contribution in [0.15, 0.2) is 0 Å². The van der Waals surface area contributed by atoms with Crippen molar-refractivity contribution in [3.05, 3.63) is 0 Å². The molecule has 1 heterocycles. The molecule has 0 spiro atoms. The number of nitrogens with one attached hydrogen (secondary N) is 1. The Kier molecular flexibility index (Phi) is 4.66. The molecule has 1 atom stereocenters. The van der Waals surface area contributed by atoms with Crippen LogP contribution in [0.2, 0.25) is 0 Å². The van der Waals surface area contributed by atoms with Gasteiger partial charge in [-0.25, -0.2) is 0 Å². The first-order valence-corrected chi connectivity index (χ1v) is 7.66. The van der Waals surface area contributed by atoms with Gasteiger partial charge in [-0.3, -0.25) is 0 Å². The Morgan fingerprint density at radius 1 is 1.12 bits per heavy atom. The highest BCUT2D eigenvalue weighted by Gasteiger charge is 2.29. The Labute approximate surface area is 111 Å². The van der Waals surface area contributed by atoms with Gasteiger partial charge in [-0.15, -0.1) is 0 Å². The van der Waals surface area contributed by atoms with Crippen LogP contribution in [0.5, 0.6) is 0 Å². The maximum absolute atomic E-state index is 5.61. The third-order valence-electron chi connectivity index (χ3n) is 4.26. The third-order valence-corrected chi connectivity index (χ3v) is 4.61. The van der Waals surface area contributed by atoms with Gasteiger partial charge in [0.1, 0.15) is 0 Å². The van der Waals surface area contributed by atoms with Gasteiger partial charge in [-0.05, 0) is 43.8 Å². The van der Waals surface area contributed by atoms with Gasteiger partial charge < -0.3 is 10.2 Å². The van der Waals surface area contributed by atoms with Crippen LogP contribution in [-0.4, -0.2) is 28.6 Å². The Morgan fingerprint density at radius 2 is 1.82 bits per heavy atom. The third kappa shape index (κ3) is 3.34. The van der Waals surface area contributed by atoms with Crippen LogP contribution in [0, 0.1) is 5.92 Å². The Hall–Kier alpha value is -0.310. The first-order chi connectivity index (χ1) is 8.18. The van der Waals surface area contributed by atoms with E-state index in [1.54, 1.807) is 0 Å². The van der Waals surface area contributed by atoms with Crippen LogP contribution in [0.4, 0.5) is 0 Å². The minimum Gasteiger partial charge on any atom is -0.360 e. The highest BCUT2D eigenvalue weighted by atomic mass is 32.1. The number of rotatable bonds is 2. The number of nitrogens with zero attached hydrogens (tertiary/aromatic N) is 1. The number of hydrogen-bond donors (Lipinski definition) is 1. The van der Waals surface area contributed by atoms with Crippen LogP contribution in [0.1, 0.15) is 58.8 Å². The molecule has 0 bridgehead atoms. The van der Waals surface area contributed by atoms with Crippen molar-refractivity contribution in [2.45, 2.75) is 70.9 Å². The Morgan fingerprint density at radius 3 is 2.47 bits per heavy atom. The Bertz CT molecular complexity index is 259. The molecule has 0 radical (unpaired) electrons. The molecule has 0 amide bonds. The van der Waals surface area contributed by atoms with Crippen molar-refractivity contribution < 1.29 is 0 Å². The van der Waals surface area contributed by atoms with E-state index in [9.17, 15) is 0 Å². The molecule has 0 aromatic carbocycles. The number of thiocarbonyl (C=S) groups is 1. The minimum atomic E-state index is 0.643. The van der Waals surface area contributed by atoms with Gasteiger partial charge in [-0.2, -0.15) is 0 Å². The van der Waals surface area contributed by atoms with Crippen molar-refractivity contribution in [2.75, 3.05) is 6.54 Å². The van der Waals surface area contributed by atoms with Gasteiger partial charge in [0, 0.05) is 18.6 Å². The average Bonchev–Trinajstić information content (AvgIpc) is 2.79. The minimum absolute atomic E-state index is 0.643. The normalized spacial score (nSPS) is 26.5. The molecule has 2 rings (SSSR count). The van der Waals surface area contributed by atoms with Gasteiger partial charge >= 0.3 is 0 Å². The largest absolute Gasteiger partial charge is 0.360 e. The maximum atomic E-state index is 5.61. The van der Waals surface area contributed by atoms with Gasteiger partial charge in [0.15, 0.2) is 5.11 Å². The maximum Gasteiger partial charge on any atom is 0.169 e. The van der Waals surface area contributed by atoms with Crippen LogP contribution in [0.25, 0.3) is 0 Å². The molecule has 1 aliphatic heterocycles. The van der Waals surface area contributed by atoms with E-state index in [2.05, 4.69) is 24.1 Å². The Balaban J connectivity index is 1.86. The average molecular weight is 254 g/mol. The van der Waals surface area contributed by atoms with E-state index in [1.165, 1.54) is 44.9 Å². The van der Waals surface area contributed by atoms with E-state index in [0.29, 0.717) is 18.0 Å². The van der Waals surface area contributed by atoms with Gasteiger partial charge in [-0.1, -0.05) is 33.1 Å². The quantitative estimate of drug-likeness (QED) is 0.761. The molecule has 1 aliphatic carbocycles. The molecular weight excluding hydrogens is 228 g/mol. The van der Waals surface area contributed by atoms with Crippen molar-refractivity contribution in [1.29, 1.82) is 0 Å². The molecule has 98 valence electrons. The lowest BCUT2D eigenvalue weighted by atomic mass is 9.96. The first kappa shape index (κ1) is 13.1. The highest BCUT2D eigenvalue weighted by Crippen LogP contribution is 2.24. The number of likely N-dealkylation sites (tertiary alicyclic amines) is 1. The number of hydrogen-bond acceptors (Lipinski definition) is 1. The summed E-state index contributed by atoms with van der Waals surface area (Å²) in [5.74, 6) is 0.712. The molecule has 2 fully saturated rings. The van der Waals surface area contributed by atoms with E-state index in [-0.39, 0.29) is 0 Å². The van der Waals surface area contributed by atoms with Crippen molar-refractivity contribution in [3.63, 3.8) is 0 Å². The predicted octanol–water partition coefficient (Wildman–Crippen LogP) is 3.31. The van der Waals surface area contributed by atoms with Gasteiger partial charge in [0.05, 0.1) is 0 Å². The SMILES string of the molecule is CC(C)C1CCCN1C(=S)NC1CCCCC1. The summed E-state index contributed by atoms with van der Waals surface area (Å²) in [4.78, 5) is 2.44. The zero-order valence-corrected chi connectivity index (χ0v) is 12.1. The summed E-state index contributed by atoms with van der Waals surface area (Å²) < 4.78 is 0. The molecule has 1 saturated heterocycles. The summed E-state index contributed by atoms with van der Waals surface area (Å²) in [5.41, 5.74) is 0. The van der Waals surface area contributed by atoms with Crippen LogP contribution in [-0.2, 0) is 0 Å². The smallest absolute Gasteiger partial charge is 0.169 e. The van der Waals surface area contributed by atoms with Crippen LogP contribution in [0.3, 0.4) is 0 Å². The standard InChI is InChI=1S/C14H26N2S/c1-11(2)13-9-6-10-16(13)14(17)15-12-7-4-3-5-8-12/h11-13H,3-10H2,1-2H3,(H,15,17). The zero-order chi connectivity index (χ0) is 12.3. The van der Waals surface area contributed by atoms with E-state index < -0.39 is 0 Å². The summed E-state index contributed by atoms with van der Waals surface area (Å²) in [6, 6.07) is 1.31. The summed E-state index contributed by atoms with van der Waals surface area (Å²) >= 11 is 5.61. The molecule has 2 nitrogen and oxygen atoms in total. The summed E-state index contributed by atoms with van der Waals surface area (Å²) in [6.45, 7) is 5.78. The van der Waals surface area contributed by atoms with Gasteiger partial charge in [0.25, 0.3) is 0 Å². The van der Waals surface area contributed by atoms with Crippen molar-refractivity contribution in [3.8, 4) is 0 Å². The fourth-order valence-electron chi connectivity index (χ4n) is 3.24. The molecule has 3 heteroatoms. The lowest BCUT2D eigenvalue weighted by molar-refractivity contribution is 0.297. The van der Waals surface area contributed by atoms with E-state index in [0.717, 1.165) is 11.7 Å². The van der Waals surface area contributed by atoms with Crippen LogP contribution < -0.4 is 5.32 Å². The van der Waals surface area contributed by atoms with E-state index in [4.69, 9.17) is 12.2 Å². The van der Waals surface area contributed by atoms with Crippen molar-refractivity contribution >= 4 is 17.3 Å². The second-order valence-corrected chi connectivity index (χ2v) is 6.32. The molecule has 1 saturated carbocycles. The lowest BCUT2D eigenvalue weighted by Gasteiger charge is -2.33. The predicted molar refractivity (Wildman–Crippen MR) is 77.2 cm³/mol. The van der Waals surface area contributed by atoms with Crippen LogP contribution >= 0.6 is 12.2 Å². The molecule has 1 unspecified atom stereocenters. The lowest BCUT2D eigenvalue weighted by Crippen LogP contribution is -2.48. The van der Waals surface area contributed by atoms with E-state index in [1.807, 2.05) is 0 Å². The molecular formula is C14H26N2S. The molecule has 0 aromatic heterocycles. The van der Waals surface area contributed by atoms with Gasteiger partial charge in [0.2, 0.25) is 0 Å². The zero-order valence-electron chi connectivity index (χ0n) is 11.2. The topological polar surface area (TPSA) is 15.3 Å². The first-order valence-electron chi connectivity index (χ1n) is 7.25. The molecule has 2 aliphatic rings. The molecule has 0 aromatic rings. The summed E-state index contributed by atoms with van der Waals surface area (Å²) in [6.07, 6.45) is 9.37. The monoisotopic (exact) mass is 254 g/mol.